The smallest absolute Gasteiger partial charge is 0.191 e. The van der Waals surface area contributed by atoms with E-state index in [0.29, 0.717) is 5.92 Å². The Morgan fingerprint density at radius 3 is 2.65 bits per heavy atom. The minimum atomic E-state index is 0. The zero-order chi connectivity index (χ0) is 18.1. The van der Waals surface area contributed by atoms with Gasteiger partial charge in [-0.3, -0.25) is 4.99 Å². The third kappa shape index (κ3) is 7.63. The fourth-order valence-corrected chi connectivity index (χ4v) is 3.37. The lowest BCUT2D eigenvalue weighted by atomic mass is 10.1. The molecule has 0 saturated carbocycles. The second kappa shape index (κ2) is 12.3. The van der Waals surface area contributed by atoms with Gasteiger partial charge in [-0.25, -0.2) is 0 Å². The van der Waals surface area contributed by atoms with Crippen LogP contribution in [-0.4, -0.2) is 38.0 Å². The lowest BCUT2D eigenvalue weighted by Crippen LogP contribution is -2.38. The number of benzene rings is 1. The van der Waals surface area contributed by atoms with Gasteiger partial charge >= 0.3 is 0 Å². The highest BCUT2D eigenvalue weighted by molar-refractivity contribution is 14.0. The SMILES string of the molecule is CCN(C)Cc1cccc(CNC(=NC)NCC(C)c2ccsc2)c1.I. The molecule has 0 saturated heterocycles. The van der Waals surface area contributed by atoms with Crippen molar-refractivity contribution in [2.75, 3.05) is 27.2 Å². The highest BCUT2D eigenvalue weighted by atomic mass is 127. The van der Waals surface area contributed by atoms with Crippen molar-refractivity contribution in [1.29, 1.82) is 0 Å². The molecule has 1 unspecified atom stereocenters. The Morgan fingerprint density at radius 1 is 1.23 bits per heavy atom. The van der Waals surface area contributed by atoms with E-state index >= 15 is 0 Å². The standard InChI is InChI=1S/C20H30N4S.HI/c1-5-24(4)14-18-8-6-7-17(11-18)13-23-20(21-3)22-12-16(2)19-9-10-25-15-19;/h6-11,15-16H,5,12-14H2,1-4H3,(H2,21,22,23);1H. The van der Waals surface area contributed by atoms with Crippen LogP contribution in [0.2, 0.25) is 0 Å². The fourth-order valence-electron chi connectivity index (χ4n) is 2.59. The summed E-state index contributed by atoms with van der Waals surface area (Å²) in [6.45, 7) is 8.10. The van der Waals surface area contributed by atoms with Crippen LogP contribution >= 0.6 is 35.3 Å². The van der Waals surface area contributed by atoms with E-state index in [-0.39, 0.29) is 24.0 Å². The lowest BCUT2D eigenvalue weighted by molar-refractivity contribution is 0.345. The molecule has 1 heterocycles. The van der Waals surface area contributed by atoms with Gasteiger partial charge in [0.1, 0.15) is 0 Å². The summed E-state index contributed by atoms with van der Waals surface area (Å²) in [6, 6.07) is 10.9. The van der Waals surface area contributed by atoms with E-state index in [1.807, 2.05) is 7.05 Å². The first kappa shape index (κ1) is 22.9. The van der Waals surface area contributed by atoms with Gasteiger partial charge in [-0.05, 0) is 53.0 Å². The zero-order valence-corrected chi connectivity index (χ0v) is 19.3. The Hall–Kier alpha value is -1.12. The van der Waals surface area contributed by atoms with Crippen molar-refractivity contribution in [1.82, 2.24) is 15.5 Å². The molecule has 0 fully saturated rings. The Morgan fingerprint density at radius 2 is 2.00 bits per heavy atom. The first-order valence-electron chi connectivity index (χ1n) is 8.85. The molecule has 0 amide bonds. The van der Waals surface area contributed by atoms with E-state index in [2.05, 4.69) is 82.5 Å². The molecule has 0 aliphatic rings. The van der Waals surface area contributed by atoms with Crippen LogP contribution in [0.4, 0.5) is 0 Å². The summed E-state index contributed by atoms with van der Waals surface area (Å²) in [6.07, 6.45) is 0. The van der Waals surface area contributed by atoms with Crippen LogP contribution < -0.4 is 10.6 Å². The van der Waals surface area contributed by atoms with Gasteiger partial charge in [0.05, 0.1) is 0 Å². The summed E-state index contributed by atoms with van der Waals surface area (Å²) < 4.78 is 0. The average Bonchev–Trinajstić information content (AvgIpc) is 3.16. The van der Waals surface area contributed by atoms with Gasteiger partial charge in [-0.1, -0.05) is 38.1 Å². The first-order chi connectivity index (χ1) is 12.1. The molecule has 2 N–H and O–H groups in total. The molecule has 0 aliphatic heterocycles. The number of halogens is 1. The first-order valence-corrected chi connectivity index (χ1v) is 9.79. The lowest BCUT2D eigenvalue weighted by Gasteiger charge is -2.17. The van der Waals surface area contributed by atoms with Crippen molar-refractivity contribution in [3.63, 3.8) is 0 Å². The monoisotopic (exact) mass is 486 g/mol. The fraction of sp³-hybridized carbons (Fsp3) is 0.450. The molecule has 0 aliphatic carbocycles. The van der Waals surface area contributed by atoms with Gasteiger partial charge in [0, 0.05) is 26.7 Å². The van der Waals surface area contributed by atoms with Crippen LogP contribution in [0.5, 0.6) is 0 Å². The van der Waals surface area contributed by atoms with Crippen molar-refractivity contribution in [3.8, 4) is 0 Å². The van der Waals surface area contributed by atoms with Gasteiger partial charge in [0.15, 0.2) is 5.96 Å². The molecule has 144 valence electrons. The Kier molecular flexibility index (Phi) is 10.8. The predicted octanol–water partition coefficient (Wildman–Crippen LogP) is 4.29. The summed E-state index contributed by atoms with van der Waals surface area (Å²) in [5.41, 5.74) is 3.99. The van der Waals surface area contributed by atoms with Gasteiger partial charge < -0.3 is 15.5 Å². The van der Waals surface area contributed by atoms with Crippen molar-refractivity contribution in [3.05, 3.63) is 57.8 Å². The molecule has 4 nitrogen and oxygen atoms in total. The van der Waals surface area contributed by atoms with Crippen molar-refractivity contribution in [2.24, 2.45) is 4.99 Å². The maximum absolute atomic E-state index is 4.33. The molecule has 0 radical (unpaired) electrons. The molecule has 26 heavy (non-hydrogen) atoms. The van der Waals surface area contributed by atoms with Crippen LogP contribution in [0, 0.1) is 0 Å². The Bertz CT molecular complexity index is 658. The third-order valence-electron chi connectivity index (χ3n) is 4.36. The van der Waals surface area contributed by atoms with E-state index in [0.717, 1.165) is 32.1 Å². The highest BCUT2D eigenvalue weighted by Gasteiger charge is 2.07. The van der Waals surface area contributed by atoms with E-state index in [1.54, 1.807) is 11.3 Å². The van der Waals surface area contributed by atoms with Crippen molar-refractivity contribution < 1.29 is 0 Å². The highest BCUT2D eigenvalue weighted by Crippen LogP contribution is 2.17. The molecule has 2 aromatic rings. The molecule has 6 heteroatoms. The van der Waals surface area contributed by atoms with Gasteiger partial charge in [0.2, 0.25) is 0 Å². The summed E-state index contributed by atoms with van der Waals surface area (Å²) >= 11 is 1.75. The molecular weight excluding hydrogens is 455 g/mol. The minimum Gasteiger partial charge on any atom is -0.356 e. The quantitative estimate of drug-likeness (QED) is 0.332. The second-order valence-corrected chi connectivity index (χ2v) is 7.19. The maximum Gasteiger partial charge on any atom is 0.191 e. The van der Waals surface area contributed by atoms with Gasteiger partial charge in [0.25, 0.3) is 0 Å². The van der Waals surface area contributed by atoms with Crippen LogP contribution in [-0.2, 0) is 13.1 Å². The number of guanidine groups is 1. The number of nitrogens with zero attached hydrogens (tertiary/aromatic N) is 2. The van der Waals surface area contributed by atoms with E-state index < -0.39 is 0 Å². The van der Waals surface area contributed by atoms with Crippen LogP contribution in [0.15, 0.2) is 46.1 Å². The topological polar surface area (TPSA) is 39.7 Å². The van der Waals surface area contributed by atoms with E-state index in [1.165, 1.54) is 16.7 Å². The number of hydrogen-bond acceptors (Lipinski definition) is 3. The van der Waals surface area contributed by atoms with Crippen LogP contribution in [0.3, 0.4) is 0 Å². The predicted molar refractivity (Wildman–Crippen MR) is 125 cm³/mol. The molecule has 2 rings (SSSR count). The zero-order valence-electron chi connectivity index (χ0n) is 16.2. The largest absolute Gasteiger partial charge is 0.356 e. The second-order valence-electron chi connectivity index (χ2n) is 6.41. The van der Waals surface area contributed by atoms with E-state index in [4.69, 9.17) is 0 Å². The van der Waals surface area contributed by atoms with Crippen molar-refractivity contribution in [2.45, 2.75) is 32.9 Å². The Labute approximate surface area is 179 Å². The molecule has 0 spiro atoms. The summed E-state index contributed by atoms with van der Waals surface area (Å²) in [5, 5.41) is 11.2. The molecule has 1 aromatic heterocycles. The number of thiophene rings is 1. The van der Waals surface area contributed by atoms with Crippen LogP contribution in [0.1, 0.15) is 36.5 Å². The summed E-state index contributed by atoms with van der Waals surface area (Å²) in [4.78, 5) is 6.63. The number of hydrogen-bond donors (Lipinski definition) is 2. The van der Waals surface area contributed by atoms with Gasteiger partial charge in [-0.15, -0.1) is 24.0 Å². The average molecular weight is 486 g/mol. The minimum absolute atomic E-state index is 0. The molecule has 1 aromatic carbocycles. The van der Waals surface area contributed by atoms with E-state index in [9.17, 15) is 0 Å². The molecule has 1 atom stereocenters. The molecular formula is C20H31IN4S. The maximum atomic E-state index is 4.33. The Balaban J connectivity index is 0.00000338. The van der Waals surface area contributed by atoms with Crippen molar-refractivity contribution >= 4 is 41.3 Å². The van der Waals surface area contributed by atoms with Crippen LogP contribution in [0.25, 0.3) is 0 Å². The number of rotatable bonds is 8. The molecule has 0 bridgehead atoms. The normalized spacial score (nSPS) is 12.6. The summed E-state index contributed by atoms with van der Waals surface area (Å²) in [5.74, 6) is 1.32. The number of aliphatic imine (C=N–C) groups is 1. The third-order valence-corrected chi connectivity index (χ3v) is 5.06. The van der Waals surface area contributed by atoms with Gasteiger partial charge in [-0.2, -0.15) is 11.3 Å². The number of nitrogens with one attached hydrogen (secondary N) is 2. The summed E-state index contributed by atoms with van der Waals surface area (Å²) in [7, 11) is 3.96.